The lowest BCUT2D eigenvalue weighted by atomic mass is 10.1. The molecule has 4 heteroatoms. The second kappa shape index (κ2) is 7.24. The number of hydrogen-bond acceptors (Lipinski definition) is 4. The van der Waals surface area contributed by atoms with Crippen LogP contribution in [0.5, 0.6) is 10.9 Å². The molecule has 0 aliphatic heterocycles. The number of aromatic nitrogens is 1. The molecule has 1 heterocycles. The lowest BCUT2D eigenvalue weighted by molar-refractivity contribution is -0.117. The quantitative estimate of drug-likeness (QED) is 0.779. The first kappa shape index (κ1) is 16.3. The number of rotatable bonds is 4. The van der Waals surface area contributed by atoms with Crippen LogP contribution in [0, 0.1) is 31.6 Å². The van der Waals surface area contributed by atoms with Crippen molar-refractivity contribution in [2.45, 2.75) is 34.1 Å². The first-order chi connectivity index (χ1) is 10.4. The molecule has 1 aromatic heterocycles. The topological polar surface area (TPSA) is 39.2 Å². The second-order valence-electron chi connectivity index (χ2n) is 5.44. The molecular weight excluding hydrogens is 294 g/mol. The summed E-state index contributed by atoms with van der Waals surface area (Å²) < 4.78 is 5.80. The van der Waals surface area contributed by atoms with Gasteiger partial charge in [-0.2, -0.15) is 0 Å². The van der Waals surface area contributed by atoms with Gasteiger partial charge in [0.2, 0.25) is 0 Å². The van der Waals surface area contributed by atoms with E-state index in [9.17, 15) is 4.79 Å². The molecule has 0 amide bonds. The standard InChI is InChI=1S/C18H19NO2S/c1-12-6-8-17(14(3)9-12)21-18-19-11-16(22-18)7-5-13(2)10-15(4)20/h6,8-9,11,13H,10H2,1-4H3. The summed E-state index contributed by atoms with van der Waals surface area (Å²) in [5.41, 5.74) is 2.29. The van der Waals surface area contributed by atoms with Crippen LogP contribution in [0.15, 0.2) is 24.4 Å². The number of benzene rings is 1. The van der Waals surface area contributed by atoms with Crippen LogP contribution >= 0.6 is 11.3 Å². The Kier molecular flexibility index (Phi) is 5.35. The first-order valence-electron chi connectivity index (χ1n) is 7.16. The van der Waals surface area contributed by atoms with Crippen molar-refractivity contribution in [3.05, 3.63) is 40.4 Å². The van der Waals surface area contributed by atoms with Crippen LogP contribution in [0.4, 0.5) is 0 Å². The van der Waals surface area contributed by atoms with Crippen LogP contribution in [0.25, 0.3) is 0 Å². The largest absolute Gasteiger partial charge is 0.431 e. The average Bonchev–Trinajstić information content (AvgIpc) is 2.87. The number of ether oxygens (including phenoxy) is 1. The SMILES string of the molecule is CC(=O)CC(C)C#Cc1cnc(Oc2ccc(C)cc2C)s1. The van der Waals surface area contributed by atoms with Gasteiger partial charge >= 0.3 is 0 Å². The van der Waals surface area contributed by atoms with E-state index in [-0.39, 0.29) is 11.7 Å². The molecule has 0 saturated heterocycles. The molecule has 0 fully saturated rings. The van der Waals surface area contributed by atoms with Crippen LogP contribution < -0.4 is 4.74 Å². The van der Waals surface area contributed by atoms with Gasteiger partial charge in [-0.1, -0.05) is 47.8 Å². The van der Waals surface area contributed by atoms with Gasteiger partial charge in [-0.15, -0.1) is 0 Å². The maximum absolute atomic E-state index is 11.0. The van der Waals surface area contributed by atoms with E-state index in [0.717, 1.165) is 16.2 Å². The zero-order chi connectivity index (χ0) is 16.1. The second-order valence-corrected chi connectivity index (χ2v) is 6.43. The molecule has 0 aliphatic rings. The fraction of sp³-hybridized carbons (Fsp3) is 0.333. The van der Waals surface area contributed by atoms with Gasteiger partial charge in [0.1, 0.15) is 16.4 Å². The lowest BCUT2D eigenvalue weighted by Gasteiger charge is -2.05. The molecular formula is C18H19NO2S. The smallest absolute Gasteiger partial charge is 0.279 e. The third-order valence-corrected chi connectivity index (χ3v) is 3.84. The fourth-order valence-corrected chi connectivity index (χ4v) is 2.69. The summed E-state index contributed by atoms with van der Waals surface area (Å²) in [7, 11) is 0. The van der Waals surface area contributed by atoms with Crippen molar-refractivity contribution in [2.24, 2.45) is 5.92 Å². The molecule has 114 valence electrons. The van der Waals surface area contributed by atoms with E-state index < -0.39 is 0 Å². The molecule has 1 atom stereocenters. The van der Waals surface area contributed by atoms with Crippen LogP contribution in [0.1, 0.15) is 36.3 Å². The number of hydrogen-bond donors (Lipinski definition) is 0. The minimum Gasteiger partial charge on any atom is -0.431 e. The summed E-state index contributed by atoms with van der Waals surface area (Å²) in [5, 5.41) is 0.579. The summed E-state index contributed by atoms with van der Waals surface area (Å²) in [6.07, 6.45) is 2.19. The molecule has 0 N–H and O–H groups in total. The third kappa shape index (κ3) is 4.71. The van der Waals surface area contributed by atoms with E-state index in [0.29, 0.717) is 11.6 Å². The van der Waals surface area contributed by atoms with Gasteiger partial charge in [0, 0.05) is 12.3 Å². The number of Topliss-reactive ketones (excluding diaryl/α,β-unsaturated/α-hetero) is 1. The van der Waals surface area contributed by atoms with Crippen molar-refractivity contribution in [1.82, 2.24) is 4.98 Å². The number of thiazole rings is 1. The maximum Gasteiger partial charge on any atom is 0.279 e. The minimum absolute atomic E-state index is 0.0586. The Balaban J connectivity index is 2.05. The number of ketones is 1. The lowest BCUT2D eigenvalue weighted by Crippen LogP contribution is -1.98. The molecule has 0 radical (unpaired) electrons. The minimum atomic E-state index is 0.0586. The summed E-state index contributed by atoms with van der Waals surface area (Å²) in [6.45, 7) is 7.60. The van der Waals surface area contributed by atoms with Gasteiger partial charge in [-0.05, 0) is 32.4 Å². The highest BCUT2D eigenvalue weighted by Crippen LogP contribution is 2.28. The highest BCUT2D eigenvalue weighted by molar-refractivity contribution is 7.13. The Bertz CT molecular complexity index is 737. The van der Waals surface area contributed by atoms with E-state index in [2.05, 4.69) is 29.8 Å². The van der Waals surface area contributed by atoms with Crippen molar-refractivity contribution in [2.75, 3.05) is 0 Å². The predicted molar refractivity (Wildman–Crippen MR) is 89.4 cm³/mol. The Morgan fingerprint density at radius 1 is 1.41 bits per heavy atom. The number of carbonyl (C=O) groups excluding carboxylic acids is 1. The van der Waals surface area contributed by atoms with Crippen molar-refractivity contribution in [3.8, 4) is 22.8 Å². The maximum atomic E-state index is 11.0. The van der Waals surface area contributed by atoms with Crippen LogP contribution in [-0.4, -0.2) is 10.8 Å². The molecule has 0 saturated carbocycles. The third-order valence-electron chi connectivity index (χ3n) is 3.05. The van der Waals surface area contributed by atoms with Crippen molar-refractivity contribution < 1.29 is 9.53 Å². The molecule has 0 spiro atoms. The van der Waals surface area contributed by atoms with Gasteiger partial charge in [0.05, 0.1) is 6.20 Å². The van der Waals surface area contributed by atoms with Gasteiger partial charge in [0.15, 0.2) is 0 Å². The van der Waals surface area contributed by atoms with Crippen molar-refractivity contribution >= 4 is 17.1 Å². The predicted octanol–water partition coefficient (Wildman–Crippen LogP) is 4.52. The van der Waals surface area contributed by atoms with Crippen molar-refractivity contribution in [3.63, 3.8) is 0 Å². The highest BCUT2D eigenvalue weighted by atomic mass is 32.1. The molecule has 2 aromatic rings. The van der Waals surface area contributed by atoms with E-state index in [1.165, 1.54) is 16.9 Å². The van der Waals surface area contributed by atoms with Crippen molar-refractivity contribution in [1.29, 1.82) is 0 Å². The summed E-state index contributed by atoms with van der Waals surface area (Å²) in [4.78, 5) is 16.1. The monoisotopic (exact) mass is 313 g/mol. The van der Waals surface area contributed by atoms with Gasteiger partial charge in [-0.25, -0.2) is 4.98 Å². The van der Waals surface area contributed by atoms with E-state index in [4.69, 9.17) is 4.74 Å². The molecule has 0 bridgehead atoms. The highest BCUT2D eigenvalue weighted by Gasteiger charge is 2.06. The van der Waals surface area contributed by atoms with Crippen LogP contribution in [0.2, 0.25) is 0 Å². The molecule has 0 aliphatic carbocycles. The van der Waals surface area contributed by atoms with E-state index in [1.807, 2.05) is 26.0 Å². The summed E-state index contributed by atoms with van der Waals surface area (Å²) >= 11 is 1.41. The van der Waals surface area contributed by atoms with E-state index in [1.54, 1.807) is 13.1 Å². The van der Waals surface area contributed by atoms with Gasteiger partial charge in [0.25, 0.3) is 5.19 Å². The van der Waals surface area contributed by atoms with Gasteiger partial charge in [-0.3, -0.25) is 4.79 Å². The van der Waals surface area contributed by atoms with E-state index >= 15 is 0 Å². The zero-order valence-electron chi connectivity index (χ0n) is 13.3. The summed E-state index contributed by atoms with van der Waals surface area (Å²) in [6, 6.07) is 6.04. The zero-order valence-corrected chi connectivity index (χ0v) is 14.1. The molecule has 1 aromatic carbocycles. The normalized spacial score (nSPS) is 11.5. The van der Waals surface area contributed by atoms with Crippen LogP contribution in [0.3, 0.4) is 0 Å². The number of carbonyl (C=O) groups is 1. The number of nitrogens with zero attached hydrogens (tertiary/aromatic N) is 1. The van der Waals surface area contributed by atoms with Crippen LogP contribution in [-0.2, 0) is 4.79 Å². The van der Waals surface area contributed by atoms with Gasteiger partial charge < -0.3 is 4.74 Å². The molecule has 3 nitrogen and oxygen atoms in total. The Morgan fingerprint density at radius 2 is 2.18 bits per heavy atom. The Labute approximate surface area is 135 Å². The fourth-order valence-electron chi connectivity index (χ4n) is 2.05. The first-order valence-corrected chi connectivity index (χ1v) is 7.97. The molecule has 2 rings (SSSR count). The average molecular weight is 313 g/mol. The summed E-state index contributed by atoms with van der Waals surface area (Å²) in [5.74, 6) is 7.15. The molecule has 22 heavy (non-hydrogen) atoms. The Hall–Kier alpha value is -2.12. The number of aryl methyl sites for hydroxylation is 2. The Morgan fingerprint density at radius 3 is 2.86 bits per heavy atom. The molecule has 1 unspecified atom stereocenters.